The van der Waals surface area contributed by atoms with Crippen LogP contribution in [0.25, 0.3) is 0 Å². The molecule has 0 atom stereocenters. The van der Waals surface area contributed by atoms with Gasteiger partial charge >= 0.3 is 0 Å². The van der Waals surface area contributed by atoms with Crippen molar-refractivity contribution in [2.75, 3.05) is 0 Å². The fourth-order valence-corrected chi connectivity index (χ4v) is 4.93. The van der Waals surface area contributed by atoms with Gasteiger partial charge in [-0.15, -0.1) is 5.73 Å². The van der Waals surface area contributed by atoms with Gasteiger partial charge in [0.25, 0.3) is 0 Å². The maximum absolute atomic E-state index is 9.14. The van der Waals surface area contributed by atoms with Crippen LogP contribution in [0.1, 0.15) is 0 Å². The summed E-state index contributed by atoms with van der Waals surface area (Å²) in [5.41, 5.74) is 3.24. The minimum absolute atomic E-state index is 0.991. The van der Waals surface area contributed by atoms with Crippen LogP contribution in [-0.4, -0.2) is 0 Å². The van der Waals surface area contributed by atoms with E-state index in [4.69, 9.17) is 5.16 Å². The number of nitrogens with one attached hydrogen (secondary N) is 1. The van der Waals surface area contributed by atoms with Crippen molar-refractivity contribution < 1.29 is 0 Å². The molecule has 0 saturated heterocycles. The van der Waals surface area contributed by atoms with Gasteiger partial charge in [0.1, 0.15) is 0 Å². The Bertz CT molecular complexity index is 677. The number of rotatable bonds is 3. The average Bonchev–Trinajstić information content (AvgIpc) is 3.03. The summed E-state index contributed by atoms with van der Waals surface area (Å²) < 4.78 is 0. The van der Waals surface area contributed by atoms with Gasteiger partial charge in [0.2, 0.25) is 0 Å². The second kappa shape index (κ2) is 4.90. The topological polar surface area (TPSA) is 23.9 Å². The molecule has 3 rings (SSSR count). The zero-order valence-electron chi connectivity index (χ0n) is 10.5. The first-order valence-corrected chi connectivity index (χ1v) is 8.00. The molecule has 2 aromatic carbocycles. The predicted octanol–water partition coefficient (Wildman–Crippen LogP) is 4.03. The van der Waals surface area contributed by atoms with Crippen molar-refractivity contribution in [3.63, 3.8) is 0 Å². The summed E-state index contributed by atoms with van der Waals surface area (Å²) in [6.45, 7) is 0. The van der Waals surface area contributed by atoms with E-state index in [2.05, 4.69) is 30.0 Å². The maximum Gasteiger partial charge on any atom is 0.0586 e. The third-order valence-electron chi connectivity index (χ3n) is 3.23. The second-order valence-corrected chi connectivity index (χ2v) is 7.25. The molecule has 1 aliphatic rings. The zero-order valence-corrected chi connectivity index (χ0v) is 11.3. The molecule has 0 amide bonds. The maximum atomic E-state index is 9.14. The lowest BCUT2D eigenvalue weighted by atomic mass is 10.4. The molecule has 0 bridgehead atoms. The molecule has 0 aliphatic heterocycles. The quantitative estimate of drug-likeness (QED) is 0.638. The number of benzene rings is 2. The average molecular weight is 263 g/mol. The molecule has 2 heteroatoms. The van der Waals surface area contributed by atoms with Gasteiger partial charge in [0.05, 0.1) is 7.05 Å². The van der Waals surface area contributed by atoms with Crippen LogP contribution in [-0.2, 0) is 0 Å². The molecular weight excluding hydrogens is 249 g/mol. The van der Waals surface area contributed by atoms with E-state index in [1.54, 1.807) is 0 Å². The minimum Gasteiger partial charge on any atom is -0.304 e. The van der Waals surface area contributed by atoms with Crippen LogP contribution in [0.2, 0.25) is 0 Å². The van der Waals surface area contributed by atoms with Gasteiger partial charge in [0.15, 0.2) is 0 Å². The molecule has 2 aromatic rings. The first-order valence-electron chi connectivity index (χ1n) is 6.21. The molecular formula is C17H14NP. The van der Waals surface area contributed by atoms with Crippen LogP contribution in [0.4, 0.5) is 0 Å². The standard InChI is InChI=1S/C17H14NP/c18-19(17-13-7-8-14-17,15-9-3-1-4-10-15)16-11-5-2-6-12-16/h1-13,18H. The van der Waals surface area contributed by atoms with Crippen molar-refractivity contribution in [3.8, 4) is 0 Å². The highest BCUT2D eigenvalue weighted by molar-refractivity contribution is 7.83. The Morgan fingerprint density at radius 2 is 1.32 bits per heavy atom. The Balaban J connectivity index is 2.26. The van der Waals surface area contributed by atoms with Crippen molar-refractivity contribution >= 4 is 17.7 Å². The lowest BCUT2D eigenvalue weighted by molar-refractivity contribution is 1.58. The van der Waals surface area contributed by atoms with Crippen molar-refractivity contribution in [1.29, 1.82) is 5.16 Å². The van der Waals surface area contributed by atoms with E-state index in [0.29, 0.717) is 0 Å². The Morgan fingerprint density at radius 3 is 1.74 bits per heavy atom. The fraction of sp³-hybridized carbons (Fsp3) is 0. The third kappa shape index (κ3) is 2.04. The highest BCUT2D eigenvalue weighted by Crippen LogP contribution is 2.53. The van der Waals surface area contributed by atoms with E-state index in [0.717, 1.165) is 15.9 Å². The van der Waals surface area contributed by atoms with Gasteiger partial charge in [-0.1, -0.05) is 66.7 Å². The van der Waals surface area contributed by atoms with E-state index in [-0.39, 0.29) is 0 Å². The molecule has 0 heterocycles. The molecule has 0 fully saturated rings. The molecule has 0 unspecified atom stereocenters. The molecule has 92 valence electrons. The van der Waals surface area contributed by atoms with Gasteiger partial charge in [-0.25, -0.2) is 0 Å². The Labute approximate surface area is 113 Å². The van der Waals surface area contributed by atoms with Crippen LogP contribution in [0.5, 0.6) is 0 Å². The van der Waals surface area contributed by atoms with Crippen LogP contribution < -0.4 is 10.6 Å². The molecule has 0 saturated carbocycles. The summed E-state index contributed by atoms with van der Waals surface area (Å²) in [4.78, 5) is 0. The Morgan fingerprint density at radius 1 is 0.789 bits per heavy atom. The molecule has 1 aliphatic carbocycles. The van der Waals surface area contributed by atoms with Crippen LogP contribution >= 0.6 is 7.05 Å². The summed E-state index contributed by atoms with van der Waals surface area (Å²) in [6, 6.07) is 20.2. The number of hydrogen-bond acceptors (Lipinski definition) is 1. The smallest absolute Gasteiger partial charge is 0.0586 e. The van der Waals surface area contributed by atoms with Gasteiger partial charge in [0, 0.05) is 15.9 Å². The summed E-state index contributed by atoms with van der Waals surface area (Å²) in [7, 11) is -2.28. The van der Waals surface area contributed by atoms with Crippen LogP contribution in [0.3, 0.4) is 0 Å². The van der Waals surface area contributed by atoms with Crippen molar-refractivity contribution in [2.24, 2.45) is 0 Å². The lowest BCUT2D eigenvalue weighted by Gasteiger charge is -2.23. The van der Waals surface area contributed by atoms with Gasteiger partial charge in [-0.05, 0) is 12.2 Å². The Kier molecular flexibility index (Phi) is 3.09. The third-order valence-corrected chi connectivity index (χ3v) is 6.38. The first kappa shape index (κ1) is 12.0. The van der Waals surface area contributed by atoms with Crippen molar-refractivity contribution in [1.82, 2.24) is 0 Å². The molecule has 0 aromatic heterocycles. The largest absolute Gasteiger partial charge is 0.304 e. The van der Waals surface area contributed by atoms with E-state index >= 15 is 0 Å². The van der Waals surface area contributed by atoms with Gasteiger partial charge in [-0.2, -0.15) is 0 Å². The van der Waals surface area contributed by atoms with E-state index in [1.165, 1.54) is 0 Å². The Hall–Kier alpha value is -2.07. The molecule has 19 heavy (non-hydrogen) atoms. The normalized spacial score (nSPS) is 13.6. The number of hydrogen-bond donors (Lipinski definition) is 1. The van der Waals surface area contributed by atoms with E-state index in [1.807, 2.05) is 54.6 Å². The summed E-state index contributed by atoms with van der Waals surface area (Å²) in [5, 5.41) is 12.3. The molecule has 0 radical (unpaired) electrons. The SMILES string of the molecule is N=P(C1=C=CC=C1)(c1ccccc1)c1ccccc1. The number of allylic oxidation sites excluding steroid dienone is 3. The summed E-state index contributed by atoms with van der Waals surface area (Å²) in [6.07, 6.45) is 5.87. The van der Waals surface area contributed by atoms with Crippen LogP contribution in [0, 0.1) is 5.16 Å². The molecule has 0 spiro atoms. The fourth-order valence-electron chi connectivity index (χ4n) is 2.26. The van der Waals surface area contributed by atoms with Crippen LogP contribution in [0.15, 0.2) is 89.9 Å². The highest BCUT2D eigenvalue weighted by atomic mass is 31.2. The highest BCUT2D eigenvalue weighted by Gasteiger charge is 2.25. The minimum atomic E-state index is -2.28. The van der Waals surface area contributed by atoms with Crippen molar-refractivity contribution in [2.45, 2.75) is 0 Å². The summed E-state index contributed by atoms with van der Waals surface area (Å²) in [5.74, 6) is 0. The van der Waals surface area contributed by atoms with Gasteiger partial charge in [-0.3, -0.25) is 0 Å². The van der Waals surface area contributed by atoms with E-state index in [9.17, 15) is 0 Å². The van der Waals surface area contributed by atoms with Gasteiger partial charge < -0.3 is 5.16 Å². The van der Waals surface area contributed by atoms with E-state index < -0.39 is 7.05 Å². The second-order valence-electron chi connectivity index (χ2n) is 4.40. The zero-order chi connectivity index (χ0) is 13.1. The lowest BCUT2D eigenvalue weighted by Crippen LogP contribution is -2.15. The monoisotopic (exact) mass is 263 g/mol. The molecule has 1 N–H and O–H groups in total. The van der Waals surface area contributed by atoms with Crippen molar-refractivity contribution in [3.05, 3.63) is 89.9 Å². The summed E-state index contributed by atoms with van der Waals surface area (Å²) >= 11 is 0. The first-order chi connectivity index (χ1) is 9.32. The predicted molar refractivity (Wildman–Crippen MR) is 82.5 cm³/mol. The molecule has 1 nitrogen and oxygen atoms in total.